The first-order valence-electron chi connectivity index (χ1n) is 8.21. The fourth-order valence-corrected chi connectivity index (χ4v) is 4.16. The number of hydrogen-bond acceptors (Lipinski definition) is 7. The lowest BCUT2D eigenvalue weighted by atomic mass is 10.3. The van der Waals surface area contributed by atoms with Crippen molar-refractivity contribution in [3.05, 3.63) is 56.6 Å². The van der Waals surface area contributed by atoms with Gasteiger partial charge in [0.15, 0.2) is 10.8 Å². The number of thiazole rings is 1. The summed E-state index contributed by atoms with van der Waals surface area (Å²) in [6, 6.07) is 5.55. The van der Waals surface area contributed by atoms with Crippen molar-refractivity contribution in [2.45, 2.75) is 19.9 Å². The second kappa shape index (κ2) is 7.09. The Kier molecular flexibility index (Phi) is 4.63. The number of H-pyrrole nitrogens is 1. The van der Waals surface area contributed by atoms with Crippen LogP contribution >= 0.6 is 22.7 Å². The van der Waals surface area contributed by atoms with Gasteiger partial charge in [-0.2, -0.15) is 0 Å². The Balaban J connectivity index is 1.44. The molecule has 0 unspecified atom stereocenters. The molecule has 0 bridgehead atoms. The number of aryl methyl sites for hydroxylation is 1. The van der Waals surface area contributed by atoms with Gasteiger partial charge in [-0.25, -0.2) is 9.97 Å². The van der Waals surface area contributed by atoms with Crippen LogP contribution in [0.5, 0.6) is 0 Å². The number of fused-ring (bicyclic) bond motifs is 1. The topological polar surface area (TPSA) is 92.1 Å². The van der Waals surface area contributed by atoms with Crippen LogP contribution in [0.3, 0.4) is 0 Å². The van der Waals surface area contributed by atoms with Crippen molar-refractivity contribution in [1.29, 1.82) is 0 Å². The van der Waals surface area contributed by atoms with E-state index in [1.54, 1.807) is 13.1 Å². The van der Waals surface area contributed by atoms with Crippen molar-refractivity contribution in [3.63, 3.8) is 0 Å². The summed E-state index contributed by atoms with van der Waals surface area (Å²) in [6.07, 6.45) is 0.178. The molecule has 4 aromatic heterocycles. The highest BCUT2D eigenvalue weighted by atomic mass is 32.1. The van der Waals surface area contributed by atoms with Crippen LogP contribution in [0.2, 0.25) is 0 Å². The molecule has 0 aliphatic rings. The highest BCUT2D eigenvalue weighted by Gasteiger charge is 2.16. The van der Waals surface area contributed by atoms with E-state index in [1.807, 2.05) is 29.8 Å². The molecule has 4 aromatic rings. The molecule has 4 heterocycles. The Bertz CT molecular complexity index is 1170. The minimum Gasteiger partial charge on any atom is -0.459 e. The standard InChI is InChI=1S/C18H16N4O3S2/c1-10-3-4-13(25-10)18-19-11(9-27-18)7-15(23)22(2)8-14-20-12-5-6-26-16(12)17(24)21-14/h3-6,9H,7-8H2,1-2H3,(H,20,21,24). The summed E-state index contributed by atoms with van der Waals surface area (Å²) in [5, 5.41) is 4.44. The quantitative estimate of drug-likeness (QED) is 0.555. The first kappa shape index (κ1) is 17.6. The van der Waals surface area contributed by atoms with Crippen LogP contribution in [-0.2, 0) is 17.8 Å². The minimum absolute atomic E-state index is 0.101. The highest BCUT2D eigenvalue weighted by Crippen LogP contribution is 2.25. The van der Waals surface area contributed by atoms with E-state index < -0.39 is 0 Å². The Morgan fingerprint density at radius 1 is 1.26 bits per heavy atom. The van der Waals surface area contributed by atoms with E-state index in [4.69, 9.17) is 4.42 Å². The molecule has 0 saturated heterocycles. The monoisotopic (exact) mass is 400 g/mol. The molecular formula is C18H16N4O3S2. The van der Waals surface area contributed by atoms with Crippen LogP contribution in [0.15, 0.2) is 38.2 Å². The van der Waals surface area contributed by atoms with Crippen molar-refractivity contribution < 1.29 is 9.21 Å². The van der Waals surface area contributed by atoms with Crippen LogP contribution in [0.25, 0.3) is 21.0 Å². The summed E-state index contributed by atoms with van der Waals surface area (Å²) in [6.45, 7) is 2.11. The summed E-state index contributed by atoms with van der Waals surface area (Å²) in [5.74, 6) is 1.89. The molecular weight excluding hydrogens is 384 g/mol. The van der Waals surface area contributed by atoms with Crippen LogP contribution in [-0.4, -0.2) is 32.8 Å². The normalized spacial score (nSPS) is 11.2. The Labute approximate surface area is 162 Å². The van der Waals surface area contributed by atoms with Crippen LogP contribution in [0.4, 0.5) is 0 Å². The lowest BCUT2D eigenvalue weighted by Crippen LogP contribution is -2.29. The van der Waals surface area contributed by atoms with E-state index in [9.17, 15) is 9.59 Å². The zero-order valence-electron chi connectivity index (χ0n) is 14.7. The molecule has 0 spiro atoms. The van der Waals surface area contributed by atoms with Gasteiger partial charge in [-0.15, -0.1) is 22.7 Å². The van der Waals surface area contributed by atoms with Crippen molar-refractivity contribution in [3.8, 4) is 10.8 Å². The van der Waals surface area contributed by atoms with Crippen LogP contribution in [0, 0.1) is 6.92 Å². The number of thiophene rings is 1. The number of rotatable bonds is 5. The molecule has 0 radical (unpaired) electrons. The Morgan fingerprint density at radius 3 is 2.89 bits per heavy atom. The fraction of sp³-hybridized carbons (Fsp3) is 0.222. The Hall–Kier alpha value is -2.78. The van der Waals surface area contributed by atoms with Gasteiger partial charge in [0.1, 0.15) is 16.3 Å². The summed E-state index contributed by atoms with van der Waals surface area (Å²) in [5.41, 5.74) is 1.16. The van der Waals surface area contributed by atoms with Gasteiger partial charge in [0.25, 0.3) is 5.56 Å². The molecule has 0 saturated carbocycles. The lowest BCUT2D eigenvalue weighted by molar-refractivity contribution is -0.129. The zero-order valence-corrected chi connectivity index (χ0v) is 16.3. The van der Waals surface area contributed by atoms with E-state index >= 15 is 0 Å². The highest BCUT2D eigenvalue weighted by molar-refractivity contribution is 7.17. The molecule has 7 nitrogen and oxygen atoms in total. The van der Waals surface area contributed by atoms with Gasteiger partial charge in [0, 0.05) is 12.4 Å². The number of amides is 1. The minimum atomic E-state index is -0.177. The zero-order chi connectivity index (χ0) is 19.0. The third-order valence-corrected chi connectivity index (χ3v) is 5.82. The van der Waals surface area contributed by atoms with Gasteiger partial charge >= 0.3 is 0 Å². The molecule has 0 atom stereocenters. The fourth-order valence-electron chi connectivity index (χ4n) is 2.65. The van der Waals surface area contributed by atoms with Crippen molar-refractivity contribution in [2.75, 3.05) is 7.05 Å². The molecule has 0 aromatic carbocycles. The van der Waals surface area contributed by atoms with E-state index in [0.717, 1.165) is 10.8 Å². The third kappa shape index (κ3) is 3.69. The number of carbonyl (C=O) groups excluding carboxylic acids is 1. The number of likely N-dealkylation sites (N-methyl/N-ethyl adjacent to an activating group) is 1. The predicted molar refractivity (Wildman–Crippen MR) is 105 cm³/mol. The van der Waals surface area contributed by atoms with Crippen molar-refractivity contribution in [1.82, 2.24) is 19.9 Å². The third-order valence-electron chi connectivity index (χ3n) is 4.01. The molecule has 0 fully saturated rings. The van der Waals surface area contributed by atoms with Crippen LogP contribution < -0.4 is 5.56 Å². The maximum atomic E-state index is 12.5. The van der Waals surface area contributed by atoms with E-state index in [2.05, 4.69) is 15.0 Å². The molecule has 9 heteroatoms. The number of aromatic amines is 1. The summed E-state index contributed by atoms with van der Waals surface area (Å²) in [7, 11) is 1.68. The van der Waals surface area contributed by atoms with E-state index in [-0.39, 0.29) is 24.4 Å². The molecule has 0 aliphatic carbocycles. The van der Waals surface area contributed by atoms with E-state index in [0.29, 0.717) is 27.5 Å². The van der Waals surface area contributed by atoms with Crippen molar-refractivity contribution >= 4 is 38.8 Å². The number of aromatic nitrogens is 3. The smallest absolute Gasteiger partial charge is 0.268 e. The summed E-state index contributed by atoms with van der Waals surface area (Å²) >= 11 is 2.79. The van der Waals surface area contributed by atoms with Gasteiger partial charge < -0.3 is 14.3 Å². The molecule has 138 valence electrons. The first-order chi connectivity index (χ1) is 13.0. The van der Waals surface area contributed by atoms with Gasteiger partial charge in [-0.1, -0.05) is 0 Å². The molecule has 0 aliphatic heterocycles. The second-order valence-corrected chi connectivity index (χ2v) is 7.90. The maximum absolute atomic E-state index is 12.5. The lowest BCUT2D eigenvalue weighted by Gasteiger charge is -2.15. The SMILES string of the molecule is Cc1ccc(-c2nc(CC(=O)N(C)Cc3nc4ccsc4c(=O)[nH]3)cs2)o1. The van der Waals surface area contributed by atoms with Crippen molar-refractivity contribution in [2.24, 2.45) is 0 Å². The number of furan rings is 1. The predicted octanol–water partition coefficient (Wildman–Crippen LogP) is 3.21. The number of carbonyl (C=O) groups is 1. The number of hydrogen-bond donors (Lipinski definition) is 1. The molecule has 1 amide bonds. The molecule has 1 N–H and O–H groups in total. The van der Waals surface area contributed by atoms with Gasteiger partial charge in [0.2, 0.25) is 5.91 Å². The largest absolute Gasteiger partial charge is 0.459 e. The maximum Gasteiger partial charge on any atom is 0.268 e. The van der Waals surface area contributed by atoms with Gasteiger partial charge in [0.05, 0.1) is 24.2 Å². The van der Waals surface area contributed by atoms with E-state index in [1.165, 1.54) is 27.6 Å². The van der Waals surface area contributed by atoms with Crippen LogP contribution in [0.1, 0.15) is 17.3 Å². The second-order valence-electron chi connectivity index (χ2n) is 6.13. The van der Waals surface area contributed by atoms with Gasteiger partial charge in [-0.3, -0.25) is 9.59 Å². The number of nitrogens with one attached hydrogen (secondary N) is 1. The molecule has 4 rings (SSSR count). The average molecular weight is 400 g/mol. The average Bonchev–Trinajstić information content (AvgIpc) is 3.35. The summed E-state index contributed by atoms with van der Waals surface area (Å²) < 4.78 is 6.16. The first-order valence-corrected chi connectivity index (χ1v) is 9.97. The van der Waals surface area contributed by atoms with Gasteiger partial charge in [-0.05, 0) is 30.5 Å². The Morgan fingerprint density at radius 2 is 2.11 bits per heavy atom. The number of nitrogens with zero attached hydrogens (tertiary/aromatic N) is 3. The molecule has 27 heavy (non-hydrogen) atoms. The summed E-state index contributed by atoms with van der Waals surface area (Å²) in [4.78, 5) is 37.7.